The highest BCUT2D eigenvalue weighted by Gasteiger charge is 2.24. The highest BCUT2D eigenvalue weighted by molar-refractivity contribution is 5.92. The smallest absolute Gasteiger partial charge is 0.272 e. The van der Waals surface area contributed by atoms with Gasteiger partial charge in [0, 0.05) is 45.0 Å². The molecule has 0 bridgehead atoms. The van der Waals surface area contributed by atoms with E-state index in [9.17, 15) is 4.79 Å². The Balaban J connectivity index is 1.33. The molecule has 8 nitrogen and oxygen atoms in total. The second-order valence-electron chi connectivity index (χ2n) is 7.32. The summed E-state index contributed by atoms with van der Waals surface area (Å²) in [6, 6.07) is 7.94. The molecule has 3 heterocycles. The van der Waals surface area contributed by atoms with Crippen molar-refractivity contribution >= 4 is 11.9 Å². The molecule has 1 saturated heterocycles. The highest BCUT2D eigenvalue weighted by Crippen LogP contribution is 2.32. The summed E-state index contributed by atoms with van der Waals surface area (Å²) in [5, 5.41) is 3.13. The molecule has 0 saturated carbocycles. The second-order valence-corrected chi connectivity index (χ2v) is 7.32. The number of anilines is 1. The van der Waals surface area contributed by atoms with Crippen LogP contribution in [0.15, 0.2) is 30.5 Å². The number of hydrogen-bond donors (Lipinski definition) is 1. The number of rotatable bonds is 5. The van der Waals surface area contributed by atoms with Gasteiger partial charge in [-0.05, 0) is 37.6 Å². The lowest BCUT2D eigenvalue weighted by molar-refractivity contribution is 0.0622. The number of hydrogen-bond acceptors (Lipinski definition) is 7. The van der Waals surface area contributed by atoms with Gasteiger partial charge in [0.25, 0.3) is 5.91 Å². The predicted octanol–water partition coefficient (Wildman–Crippen LogP) is 1.98. The minimum absolute atomic E-state index is 0.0445. The van der Waals surface area contributed by atoms with Gasteiger partial charge in [0.15, 0.2) is 11.5 Å². The van der Waals surface area contributed by atoms with E-state index in [1.54, 1.807) is 12.3 Å². The van der Waals surface area contributed by atoms with Crippen molar-refractivity contribution in [2.24, 2.45) is 0 Å². The Morgan fingerprint density at radius 2 is 1.93 bits per heavy atom. The average molecular weight is 383 g/mol. The van der Waals surface area contributed by atoms with Gasteiger partial charge in [0.05, 0.1) is 0 Å². The third-order valence-corrected chi connectivity index (χ3v) is 4.80. The molecule has 0 atom stereocenters. The van der Waals surface area contributed by atoms with Crippen LogP contribution in [0.25, 0.3) is 0 Å². The number of carbonyl (C=O) groups is 1. The molecule has 1 amide bonds. The Kier molecular flexibility index (Phi) is 5.29. The van der Waals surface area contributed by atoms with Crippen LogP contribution < -0.4 is 14.8 Å². The quantitative estimate of drug-likeness (QED) is 0.846. The van der Waals surface area contributed by atoms with Gasteiger partial charge in [0.2, 0.25) is 12.7 Å². The summed E-state index contributed by atoms with van der Waals surface area (Å²) in [4.78, 5) is 25.5. The summed E-state index contributed by atoms with van der Waals surface area (Å²) in [5.41, 5.74) is 1.62. The predicted molar refractivity (Wildman–Crippen MR) is 105 cm³/mol. The Hall–Kier alpha value is -2.87. The summed E-state index contributed by atoms with van der Waals surface area (Å²) >= 11 is 0. The molecule has 0 aliphatic carbocycles. The average Bonchev–Trinajstić information content (AvgIpc) is 3.15. The van der Waals surface area contributed by atoms with E-state index >= 15 is 0 Å². The van der Waals surface area contributed by atoms with Crippen LogP contribution in [0.5, 0.6) is 11.5 Å². The topological polar surface area (TPSA) is 79.8 Å². The van der Waals surface area contributed by atoms with Gasteiger partial charge in [-0.15, -0.1) is 0 Å². The second kappa shape index (κ2) is 8.02. The van der Waals surface area contributed by atoms with Crippen molar-refractivity contribution in [3.05, 3.63) is 41.7 Å². The summed E-state index contributed by atoms with van der Waals surface area (Å²) in [5.74, 6) is 2.05. The summed E-state index contributed by atoms with van der Waals surface area (Å²) < 4.78 is 10.8. The van der Waals surface area contributed by atoms with E-state index in [1.807, 2.05) is 30.9 Å². The largest absolute Gasteiger partial charge is 0.454 e. The molecule has 28 heavy (non-hydrogen) atoms. The van der Waals surface area contributed by atoms with Crippen molar-refractivity contribution in [3.8, 4) is 11.5 Å². The molecule has 2 aromatic rings. The summed E-state index contributed by atoms with van der Waals surface area (Å²) in [6.07, 6.45) is 1.63. The summed E-state index contributed by atoms with van der Waals surface area (Å²) in [7, 11) is 0. The number of benzene rings is 1. The van der Waals surface area contributed by atoms with E-state index in [1.165, 1.54) is 5.56 Å². The van der Waals surface area contributed by atoms with Crippen molar-refractivity contribution in [2.45, 2.75) is 26.4 Å². The lowest BCUT2D eigenvalue weighted by Crippen LogP contribution is -2.48. The van der Waals surface area contributed by atoms with Crippen LogP contribution in [0.4, 0.5) is 5.95 Å². The maximum atomic E-state index is 12.8. The first-order chi connectivity index (χ1) is 13.6. The molecular weight excluding hydrogens is 358 g/mol. The first kappa shape index (κ1) is 18.5. The van der Waals surface area contributed by atoms with Gasteiger partial charge in [0.1, 0.15) is 5.69 Å². The molecule has 1 aromatic heterocycles. The maximum Gasteiger partial charge on any atom is 0.272 e. The molecule has 1 N–H and O–H groups in total. The van der Waals surface area contributed by atoms with Gasteiger partial charge in [-0.3, -0.25) is 9.69 Å². The number of aromatic nitrogens is 2. The number of nitrogens with one attached hydrogen (secondary N) is 1. The fraction of sp³-hybridized carbons (Fsp3) is 0.450. The van der Waals surface area contributed by atoms with E-state index in [4.69, 9.17) is 9.47 Å². The van der Waals surface area contributed by atoms with Gasteiger partial charge >= 0.3 is 0 Å². The van der Waals surface area contributed by atoms with Gasteiger partial charge in [-0.1, -0.05) is 6.07 Å². The highest BCUT2D eigenvalue weighted by atomic mass is 16.7. The number of carbonyl (C=O) groups excluding carboxylic acids is 1. The third-order valence-electron chi connectivity index (χ3n) is 4.80. The molecule has 1 aromatic carbocycles. The normalized spacial score (nSPS) is 16.5. The van der Waals surface area contributed by atoms with Gasteiger partial charge < -0.3 is 19.7 Å². The lowest BCUT2D eigenvalue weighted by Gasteiger charge is -2.34. The van der Waals surface area contributed by atoms with Crippen molar-refractivity contribution in [1.82, 2.24) is 19.8 Å². The summed E-state index contributed by atoms with van der Waals surface area (Å²) in [6.45, 7) is 8.14. The van der Waals surface area contributed by atoms with E-state index in [0.717, 1.165) is 31.1 Å². The van der Waals surface area contributed by atoms with E-state index in [-0.39, 0.29) is 18.7 Å². The standard InChI is InChI=1S/C20H25N5O3/c1-14(2)22-20-21-6-5-16(23-20)19(26)25-9-7-24(8-10-25)12-15-3-4-17-18(11-15)28-13-27-17/h3-6,11,14H,7-10,12-13H2,1-2H3,(H,21,22,23). The van der Waals surface area contributed by atoms with E-state index in [2.05, 4.69) is 26.3 Å². The minimum Gasteiger partial charge on any atom is -0.454 e. The van der Waals surface area contributed by atoms with Gasteiger partial charge in [-0.2, -0.15) is 0 Å². The van der Waals surface area contributed by atoms with Crippen molar-refractivity contribution in [3.63, 3.8) is 0 Å². The molecule has 0 spiro atoms. The Morgan fingerprint density at radius 3 is 2.71 bits per heavy atom. The van der Waals surface area contributed by atoms with E-state index < -0.39 is 0 Å². The molecule has 4 rings (SSSR count). The van der Waals surface area contributed by atoms with Crippen LogP contribution in [0, 0.1) is 0 Å². The van der Waals surface area contributed by atoms with Crippen molar-refractivity contribution in [2.75, 3.05) is 38.3 Å². The van der Waals surface area contributed by atoms with Crippen molar-refractivity contribution in [1.29, 1.82) is 0 Å². The number of ether oxygens (including phenoxy) is 2. The molecular formula is C20H25N5O3. The Labute approximate surface area is 164 Å². The first-order valence-corrected chi connectivity index (χ1v) is 9.58. The molecule has 2 aliphatic rings. The monoisotopic (exact) mass is 383 g/mol. The van der Waals surface area contributed by atoms with Crippen LogP contribution >= 0.6 is 0 Å². The fourth-order valence-corrected chi connectivity index (χ4v) is 3.37. The number of nitrogens with zero attached hydrogens (tertiary/aromatic N) is 4. The maximum absolute atomic E-state index is 12.8. The van der Waals surface area contributed by atoms with Crippen LogP contribution in [0.3, 0.4) is 0 Å². The zero-order chi connectivity index (χ0) is 19.5. The minimum atomic E-state index is -0.0445. The SMILES string of the molecule is CC(C)Nc1nccc(C(=O)N2CCN(Cc3ccc4c(c3)OCO4)CC2)n1. The molecule has 2 aliphatic heterocycles. The molecule has 0 unspecified atom stereocenters. The number of fused-ring (bicyclic) bond motifs is 1. The third kappa shape index (κ3) is 4.17. The zero-order valence-electron chi connectivity index (χ0n) is 16.2. The van der Waals surface area contributed by atoms with E-state index in [0.29, 0.717) is 24.7 Å². The van der Waals surface area contributed by atoms with Crippen LogP contribution in [0.1, 0.15) is 29.9 Å². The van der Waals surface area contributed by atoms with Gasteiger partial charge in [-0.25, -0.2) is 9.97 Å². The lowest BCUT2D eigenvalue weighted by atomic mass is 10.1. The molecule has 1 fully saturated rings. The Bertz CT molecular complexity index is 849. The number of piperazine rings is 1. The van der Waals surface area contributed by atoms with Crippen LogP contribution in [0.2, 0.25) is 0 Å². The number of amides is 1. The van der Waals surface area contributed by atoms with Crippen LogP contribution in [-0.4, -0.2) is 64.7 Å². The molecule has 148 valence electrons. The fourth-order valence-electron chi connectivity index (χ4n) is 3.37. The van der Waals surface area contributed by atoms with Crippen LogP contribution in [-0.2, 0) is 6.54 Å². The zero-order valence-corrected chi connectivity index (χ0v) is 16.2. The van der Waals surface area contributed by atoms with Crippen molar-refractivity contribution < 1.29 is 14.3 Å². The Morgan fingerprint density at radius 1 is 1.14 bits per heavy atom. The first-order valence-electron chi connectivity index (χ1n) is 9.58. The molecule has 0 radical (unpaired) electrons. The molecule has 8 heteroatoms.